The van der Waals surface area contributed by atoms with Gasteiger partial charge in [-0.2, -0.15) is 0 Å². The van der Waals surface area contributed by atoms with Gasteiger partial charge in [0.15, 0.2) is 0 Å². The lowest BCUT2D eigenvalue weighted by atomic mass is 10.0. The Kier molecular flexibility index (Phi) is 5.67. The molecule has 144 valence electrons. The Morgan fingerprint density at radius 2 is 2.00 bits per heavy atom. The molecule has 4 amide bonds. The molecule has 2 heterocycles. The molecule has 0 bridgehead atoms. The van der Waals surface area contributed by atoms with Crippen molar-refractivity contribution >= 4 is 23.6 Å². The third-order valence-electron chi connectivity index (χ3n) is 4.87. The van der Waals surface area contributed by atoms with Crippen LogP contribution in [0.2, 0.25) is 0 Å². The molecule has 0 saturated carbocycles. The van der Waals surface area contributed by atoms with Gasteiger partial charge in [0.2, 0.25) is 11.8 Å². The smallest absolute Gasteiger partial charge is 0.262 e. The summed E-state index contributed by atoms with van der Waals surface area (Å²) in [7, 11) is 0. The Balaban J connectivity index is 1.78. The fraction of sp³-hybridized carbons (Fsp3) is 0.474. The van der Waals surface area contributed by atoms with Crippen molar-refractivity contribution in [3.8, 4) is 0 Å². The quantitative estimate of drug-likeness (QED) is 0.589. The number of fused-ring (bicyclic) bond motifs is 1. The minimum absolute atomic E-state index is 0.112. The van der Waals surface area contributed by atoms with Crippen molar-refractivity contribution in [1.29, 1.82) is 0 Å². The zero-order valence-electron chi connectivity index (χ0n) is 15.5. The fourth-order valence-corrected chi connectivity index (χ4v) is 3.58. The van der Waals surface area contributed by atoms with E-state index in [0.29, 0.717) is 17.7 Å². The summed E-state index contributed by atoms with van der Waals surface area (Å²) in [5.74, 6) is -1.93. The summed E-state index contributed by atoms with van der Waals surface area (Å²) in [6.07, 6.45) is 0.268. The molecule has 3 rings (SSSR count). The lowest BCUT2D eigenvalue weighted by molar-refractivity contribution is -0.136. The van der Waals surface area contributed by atoms with Crippen molar-refractivity contribution in [2.24, 2.45) is 0 Å². The molecule has 0 spiro atoms. The van der Waals surface area contributed by atoms with Gasteiger partial charge in [-0.05, 0) is 31.5 Å². The zero-order valence-corrected chi connectivity index (χ0v) is 15.5. The molecule has 1 fully saturated rings. The molecule has 8 nitrogen and oxygen atoms in total. The number of hydrogen-bond donors (Lipinski definition) is 3. The number of nitrogens with zero attached hydrogens (tertiary/aromatic N) is 1. The number of imide groups is 2. The third kappa shape index (κ3) is 3.77. The topological polar surface area (TPSA) is 108 Å². The first-order valence-corrected chi connectivity index (χ1v) is 9.21. The SMILES string of the molecule is CCN[C@@H](C)CNCc1cccc2c1C(=O)N(C1CCC(=O)NC1=O)C2=O. The van der Waals surface area contributed by atoms with Gasteiger partial charge in [0.1, 0.15) is 6.04 Å². The van der Waals surface area contributed by atoms with E-state index in [2.05, 4.69) is 22.9 Å². The van der Waals surface area contributed by atoms with Crippen molar-refractivity contribution in [2.45, 2.75) is 45.3 Å². The molecule has 0 aliphatic carbocycles. The van der Waals surface area contributed by atoms with E-state index in [-0.39, 0.29) is 24.8 Å². The second-order valence-electron chi connectivity index (χ2n) is 6.88. The van der Waals surface area contributed by atoms with E-state index in [1.54, 1.807) is 12.1 Å². The van der Waals surface area contributed by atoms with Crippen molar-refractivity contribution < 1.29 is 19.2 Å². The monoisotopic (exact) mass is 372 g/mol. The van der Waals surface area contributed by atoms with Gasteiger partial charge in [-0.25, -0.2) is 0 Å². The predicted octanol–water partition coefficient (Wildman–Crippen LogP) is 0.175. The summed E-state index contributed by atoms with van der Waals surface area (Å²) in [5.41, 5.74) is 1.38. The van der Waals surface area contributed by atoms with E-state index in [0.717, 1.165) is 23.6 Å². The Bertz CT molecular complexity index is 792. The highest BCUT2D eigenvalue weighted by atomic mass is 16.2. The Hall–Kier alpha value is -2.58. The van der Waals surface area contributed by atoms with Gasteiger partial charge in [-0.15, -0.1) is 0 Å². The van der Waals surface area contributed by atoms with E-state index in [9.17, 15) is 19.2 Å². The van der Waals surface area contributed by atoms with Crippen molar-refractivity contribution in [1.82, 2.24) is 20.9 Å². The highest BCUT2D eigenvalue weighted by Crippen LogP contribution is 2.29. The minimum atomic E-state index is -0.940. The maximum atomic E-state index is 13.0. The van der Waals surface area contributed by atoms with Crippen LogP contribution in [0.4, 0.5) is 0 Å². The molecule has 8 heteroatoms. The van der Waals surface area contributed by atoms with Crippen LogP contribution in [0.3, 0.4) is 0 Å². The number of carbonyl (C=O) groups excluding carboxylic acids is 4. The fourth-order valence-electron chi connectivity index (χ4n) is 3.58. The van der Waals surface area contributed by atoms with Gasteiger partial charge in [0.05, 0.1) is 11.1 Å². The first-order chi connectivity index (χ1) is 12.9. The molecule has 1 saturated heterocycles. The van der Waals surface area contributed by atoms with E-state index < -0.39 is 23.8 Å². The van der Waals surface area contributed by atoms with Crippen LogP contribution in [0.15, 0.2) is 18.2 Å². The molecule has 1 aromatic rings. The highest BCUT2D eigenvalue weighted by molar-refractivity contribution is 6.24. The van der Waals surface area contributed by atoms with Gasteiger partial charge in [0.25, 0.3) is 11.8 Å². The van der Waals surface area contributed by atoms with Gasteiger partial charge < -0.3 is 10.6 Å². The lowest BCUT2D eigenvalue weighted by Crippen LogP contribution is -2.54. The molecule has 1 unspecified atom stereocenters. The van der Waals surface area contributed by atoms with E-state index in [1.807, 2.05) is 13.0 Å². The maximum Gasteiger partial charge on any atom is 0.262 e. The van der Waals surface area contributed by atoms with Crippen LogP contribution in [0.25, 0.3) is 0 Å². The normalized spacial score (nSPS) is 20.7. The second kappa shape index (κ2) is 7.98. The summed E-state index contributed by atoms with van der Waals surface area (Å²) in [6, 6.07) is 4.49. The summed E-state index contributed by atoms with van der Waals surface area (Å²) in [4.78, 5) is 50.2. The zero-order chi connectivity index (χ0) is 19.6. The summed E-state index contributed by atoms with van der Waals surface area (Å²) < 4.78 is 0. The summed E-state index contributed by atoms with van der Waals surface area (Å²) >= 11 is 0. The lowest BCUT2D eigenvalue weighted by Gasteiger charge is -2.27. The molecule has 0 radical (unpaired) electrons. The van der Waals surface area contributed by atoms with Crippen LogP contribution in [-0.4, -0.2) is 53.7 Å². The van der Waals surface area contributed by atoms with E-state index >= 15 is 0 Å². The van der Waals surface area contributed by atoms with Crippen LogP contribution in [0, 0.1) is 0 Å². The predicted molar refractivity (Wildman–Crippen MR) is 98.0 cm³/mol. The maximum absolute atomic E-state index is 13.0. The van der Waals surface area contributed by atoms with Crippen molar-refractivity contribution in [3.63, 3.8) is 0 Å². The second-order valence-corrected chi connectivity index (χ2v) is 6.88. The van der Waals surface area contributed by atoms with Crippen LogP contribution >= 0.6 is 0 Å². The molecule has 2 atom stereocenters. The van der Waals surface area contributed by atoms with Gasteiger partial charge >= 0.3 is 0 Å². The van der Waals surface area contributed by atoms with Gasteiger partial charge in [-0.1, -0.05) is 19.1 Å². The van der Waals surface area contributed by atoms with Crippen molar-refractivity contribution in [2.75, 3.05) is 13.1 Å². The molecule has 0 aromatic heterocycles. The van der Waals surface area contributed by atoms with Crippen LogP contribution in [0.1, 0.15) is 53.0 Å². The first kappa shape index (κ1) is 19.2. The van der Waals surface area contributed by atoms with Crippen LogP contribution < -0.4 is 16.0 Å². The molecular formula is C19H24N4O4. The largest absolute Gasteiger partial charge is 0.313 e. The summed E-state index contributed by atoms with van der Waals surface area (Å²) in [6.45, 7) is 6.13. The number of hydrogen-bond acceptors (Lipinski definition) is 6. The standard InChI is InChI=1S/C19H24N4O4/c1-3-21-11(2)9-20-10-12-5-4-6-13-16(12)19(27)23(18(13)26)14-7-8-15(24)22-17(14)25/h4-6,11,14,20-21H,3,7-10H2,1-2H3,(H,22,24,25)/t11-,14?/m0/s1. The molecule has 2 aliphatic rings. The average molecular weight is 372 g/mol. The van der Waals surface area contributed by atoms with Crippen LogP contribution in [-0.2, 0) is 16.1 Å². The Labute approximate surface area is 157 Å². The Morgan fingerprint density at radius 3 is 2.70 bits per heavy atom. The molecule has 27 heavy (non-hydrogen) atoms. The minimum Gasteiger partial charge on any atom is -0.313 e. The highest BCUT2D eigenvalue weighted by Gasteiger charge is 2.45. The van der Waals surface area contributed by atoms with Gasteiger partial charge in [-0.3, -0.25) is 29.4 Å². The van der Waals surface area contributed by atoms with E-state index in [1.165, 1.54) is 0 Å². The van der Waals surface area contributed by atoms with Crippen molar-refractivity contribution in [3.05, 3.63) is 34.9 Å². The van der Waals surface area contributed by atoms with Crippen LogP contribution in [0.5, 0.6) is 0 Å². The number of nitrogens with one attached hydrogen (secondary N) is 3. The number of likely N-dealkylation sites (N-methyl/N-ethyl adjacent to an activating group) is 1. The number of rotatable bonds is 7. The number of benzene rings is 1. The number of amides is 4. The Morgan fingerprint density at radius 1 is 1.22 bits per heavy atom. The first-order valence-electron chi connectivity index (χ1n) is 9.21. The summed E-state index contributed by atoms with van der Waals surface area (Å²) in [5, 5.41) is 8.79. The van der Waals surface area contributed by atoms with Gasteiger partial charge in [0, 0.05) is 25.6 Å². The molecule has 2 aliphatic heterocycles. The molecular weight excluding hydrogens is 348 g/mol. The number of carbonyl (C=O) groups is 4. The number of piperidine rings is 1. The molecule has 3 N–H and O–H groups in total. The van der Waals surface area contributed by atoms with E-state index in [4.69, 9.17) is 0 Å². The average Bonchev–Trinajstić information content (AvgIpc) is 2.87. The third-order valence-corrected chi connectivity index (χ3v) is 4.87. The molecule has 1 aromatic carbocycles.